The van der Waals surface area contributed by atoms with Crippen LogP contribution >= 0.6 is 0 Å². The average Bonchev–Trinajstić information content (AvgIpc) is 2.71. The van der Waals surface area contributed by atoms with Crippen LogP contribution in [0.5, 0.6) is 0 Å². The quantitative estimate of drug-likeness (QED) is 0.666. The lowest BCUT2D eigenvalue weighted by Crippen LogP contribution is -2.35. The zero-order valence-corrected chi connectivity index (χ0v) is 15.6. The molecule has 1 aromatic carbocycles. The van der Waals surface area contributed by atoms with Crippen LogP contribution in [0.15, 0.2) is 65.7 Å². The van der Waals surface area contributed by atoms with E-state index in [4.69, 9.17) is 4.98 Å². The first-order valence-corrected chi connectivity index (χ1v) is 9.11. The molecule has 0 N–H and O–H groups in total. The zero-order valence-electron chi connectivity index (χ0n) is 15.6. The molecular formula is C21H21BN4O. The second-order valence-corrected chi connectivity index (χ2v) is 6.88. The van der Waals surface area contributed by atoms with E-state index < -0.39 is 0 Å². The fraction of sp³-hybridized carbons (Fsp3) is 0.190. The zero-order chi connectivity index (χ0) is 18.8. The standard InChI is InChI=1S/C21H21BN4O/c1-25-20(27)13-19(16-8-10-23-11-9-16)24-21(25)26-12-2-3-17(14-26)15-4-6-18(22)7-5-15/h3-11,13H,2,12,14,22H2,1H3. The molecule has 0 aliphatic carbocycles. The molecular weight excluding hydrogens is 335 g/mol. The normalized spacial score (nSPS) is 14.1. The molecule has 0 spiro atoms. The Morgan fingerprint density at radius 3 is 2.52 bits per heavy atom. The Hall–Kier alpha value is -3.15. The number of benzene rings is 1. The molecule has 134 valence electrons. The first kappa shape index (κ1) is 17.3. The highest BCUT2D eigenvalue weighted by Gasteiger charge is 2.19. The number of nitrogens with zero attached hydrogens (tertiary/aromatic N) is 4. The van der Waals surface area contributed by atoms with E-state index in [2.05, 4.69) is 48.1 Å². The molecule has 6 heteroatoms. The SMILES string of the molecule is Bc1ccc(C2=CCCN(c3nc(-c4ccncc4)cc(=O)n3C)C2)cc1. The highest BCUT2D eigenvalue weighted by molar-refractivity contribution is 6.32. The van der Waals surface area contributed by atoms with Crippen LogP contribution in [0.2, 0.25) is 0 Å². The van der Waals surface area contributed by atoms with Crippen molar-refractivity contribution in [3.05, 3.63) is 76.9 Å². The molecule has 2 aromatic heterocycles. The fourth-order valence-electron chi connectivity index (χ4n) is 3.37. The van der Waals surface area contributed by atoms with Crippen LogP contribution in [0, 0.1) is 0 Å². The van der Waals surface area contributed by atoms with Crippen LogP contribution in [-0.4, -0.2) is 35.5 Å². The van der Waals surface area contributed by atoms with Crippen LogP contribution in [0.3, 0.4) is 0 Å². The summed E-state index contributed by atoms with van der Waals surface area (Å²) in [6.45, 7) is 1.58. The van der Waals surface area contributed by atoms with Crippen molar-refractivity contribution in [3.63, 3.8) is 0 Å². The first-order valence-electron chi connectivity index (χ1n) is 9.11. The minimum absolute atomic E-state index is 0.0572. The van der Waals surface area contributed by atoms with Crippen molar-refractivity contribution in [2.24, 2.45) is 7.05 Å². The maximum Gasteiger partial charge on any atom is 0.255 e. The Bertz CT molecular complexity index is 1040. The summed E-state index contributed by atoms with van der Waals surface area (Å²) in [6, 6.07) is 13.9. The van der Waals surface area contributed by atoms with E-state index in [1.54, 1.807) is 30.1 Å². The van der Waals surface area contributed by atoms with Gasteiger partial charge in [0.15, 0.2) is 0 Å². The van der Waals surface area contributed by atoms with Crippen molar-refractivity contribution in [3.8, 4) is 11.3 Å². The van der Waals surface area contributed by atoms with Crippen molar-refractivity contribution < 1.29 is 0 Å². The minimum atomic E-state index is -0.0572. The minimum Gasteiger partial charge on any atom is -0.338 e. The molecule has 3 aromatic rings. The summed E-state index contributed by atoms with van der Waals surface area (Å²) in [5.41, 5.74) is 5.27. The molecule has 4 rings (SSSR count). The van der Waals surface area contributed by atoms with Crippen molar-refractivity contribution >= 4 is 24.8 Å². The predicted molar refractivity (Wildman–Crippen MR) is 112 cm³/mol. The van der Waals surface area contributed by atoms with Crippen LogP contribution in [0.25, 0.3) is 16.8 Å². The molecule has 0 saturated heterocycles. The summed E-state index contributed by atoms with van der Waals surface area (Å²) in [4.78, 5) is 23.6. The lowest BCUT2D eigenvalue weighted by atomic mass is 9.93. The Morgan fingerprint density at radius 2 is 1.78 bits per heavy atom. The summed E-state index contributed by atoms with van der Waals surface area (Å²) < 4.78 is 1.63. The van der Waals surface area contributed by atoms with Gasteiger partial charge in [0.1, 0.15) is 7.85 Å². The van der Waals surface area contributed by atoms with Gasteiger partial charge in [-0.05, 0) is 29.7 Å². The van der Waals surface area contributed by atoms with Gasteiger partial charge in [-0.25, -0.2) is 4.98 Å². The first-order chi connectivity index (χ1) is 13.1. The van der Waals surface area contributed by atoms with Crippen molar-refractivity contribution in [1.29, 1.82) is 0 Å². The van der Waals surface area contributed by atoms with Gasteiger partial charge in [-0.2, -0.15) is 0 Å². The van der Waals surface area contributed by atoms with Gasteiger partial charge >= 0.3 is 0 Å². The molecule has 1 aliphatic heterocycles. The highest BCUT2D eigenvalue weighted by atomic mass is 16.1. The van der Waals surface area contributed by atoms with Crippen LogP contribution in [-0.2, 0) is 7.05 Å². The van der Waals surface area contributed by atoms with Gasteiger partial charge in [0.2, 0.25) is 5.95 Å². The molecule has 27 heavy (non-hydrogen) atoms. The summed E-state index contributed by atoms with van der Waals surface area (Å²) >= 11 is 0. The van der Waals surface area contributed by atoms with Crippen LogP contribution in [0.1, 0.15) is 12.0 Å². The van der Waals surface area contributed by atoms with Gasteiger partial charge in [-0.15, -0.1) is 0 Å². The molecule has 0 amide bonds. The Labute approximate surface area is 159 Å². The third-order valence-electron chi connectivity index (χ3n) is 4.94. The third kappa shape index (κ3) is 3.56. The molecule has 0 unspecified atom stereocenters. The van der Waals surface area contributed by atoms with Gasteiger partial charge in [0.05, 0.1) is 5.69 Å². The van der Waals surface area contributed by atoms with E-state index in [1.807, 2.05) is 12.1 Å². The van der Waals surface area contributed by atoms with E-state index in [0.717, 1.165) is 25.1 Å². The predicted octanol–water partition coefficient (Wildman–Crippen LogP) is 1.39. The Morgan fingerprint density at radius 1 is 1.04 bits per heavy atom. The van der Waals surface area contributed by atoms with Crippen molar-refractivity contribution in [2.75, 3.05) is 18.0 Å². The third-order valence-corrected chi connectivity index (χ3v) is 4.94. The van der Waals surface area contributed by atoms with E-state index in [0.29, 0.717) is 11.6 Å². The second kappa shape index (κ2) is 7.23. The largest absolute Gasteiger partial charge is 0.338 e. The number of aromatic nitrogens is 3. The van der Waals surface area contributed by atoms with Crippen LogP contribution < -0.4 is 15.9 Å². The fourth-order valence-corrected chi connectivity index (χ4v) is 3.37. The number of rotatable bonds is 3. The monoisotopic (exact) mass is 356 g/mol. The number of hydrogen-bond acceptors (Lipinski definition) is 4. The maximum atomic E-state index is 12.5. The van der Waals surface area contributed by atoms with Gasteiger partial charge in [-0.1, -0.05) is 35.8 Å². The maximum absolute atomic E-state index is 12.5. The van der Waals surface area contributed by atoms with E-state index in [-0.39, 0.29) is 5.56 Å². The lowest BCUT2D eigenvalue weighted by molar-refractivity contribution is 0.727. The molecule has 0 atom stereocenters. The van der Waals surface area contributed by atoms with E-state index >= 15 is 0 Å². The lowest BCUT2D eigenvalue weighted by Gasteiger charge is -2.30. The molecule has 5 nitrogen and oxygen atoms in total. The Kier molecular flexibility index (Phi) is 4.63. The van der Waals surface area contributed by atoms with Crippen molar-refractivity contribution in [1.82, 2.24) is 14.5 Å². The van der Waals surface area contributed by atoms with Gasteiger partial charge in [0, 0.05) is 44.2 Å². The van der Waals surface area contributed by atoms with Gasteiger partial charge < -0.3 is 4.90 Å². The molecule has 1 aliphatic rings. The van der Waals surface area contributed by atoms with Crippen LogP contribution in [0.4, 0.5) is 5.95 Å². The molecule has 0 fully saturated rings. The molecule has 0 radical (unpaired) electrons. The van der Waals surface area contributed by atoms with E-state index in [9.17, 15) is 4.79 Å². The average molecular weight is 356 g/mol. The van der Waals surface area contributed by atoms with Gasteiger partial charge in [0.25, 0.3) is 5.56 Å². The van der Waals surface area contributed by atoms with E-state index in [1.165, 1.54) is 16.6 Å². The summed E-state index contributed by atoms with van der Waals surface area (Å²) in [7, 11) is 3.88. The summed E-state index contributed by atoms with van der Waals surface area (Å²) in [5.74, 6) is 0.701. The summed E-state index contributed by atoms with van der Waals surface area (Å²) in [6.07, 6.45) is 6.64. The second-order valence-electron chi connectivity index (χ2n) is 6.88. The smallest absolute Gasteiger partial charge is 0.255 e. The van der Waals surface area contributed by atoms with Gasteiger partial charge in [-0.3, -0.25) is 14.3 Å². The molecule has 0 saturated carbocycles. The Balaban J connectivity index is 1.69. The topological polar surface area (TPSA) is 51.0 Å². The number of pyridine rings is 1. The number of hydrogen-bond donors (Lipinski definition) is 0. The molecule has 0 bridgehead atoms. The molecule has 3 heterocycles. The highest BCUT2D eigenvalue weighted by Crippen LogP contribution is 2.25. The summed E-state index contributed by atoms with van der Waals surface area (Å²) in [5, 5.41) is 0. The number of anilines is 1. The van der Waals surface area contributed by atoms with Crippen molar-refractivity contribution in [2.45, 2.75) is 6.42 Å².